The Kier molecular flexibility index (Phi) is 24.6. The Labute approximate surface area is 258 Å². The van der Waals surface area contributed by atoms with E-state index < -0.39 is 0 Å². The van der Waals surface area contributed by atoms with E-state index in [1.54, 1.807) is 25.4 Å². The fourth-order valence-electron chi connectivity index (χ4n) is 3.54. The summed E-state index contributed by atoms with van der Waals surface area (Å²) in [6.07, 6.45) is 5.66. The number of hydrogen-bond donors (Lipinski definition) is 5. The second-order valence-corrected chi connectivity index (χ2v) is 10.2. The molecule has 2 rings (SSSR count). The van der Waals surface area contributed by atoms with Crippen LogP contribution in [0.1, 0.15) is 39.7 Å². The summed E-state index contributed by atoms with van der Waals surface area (Å²) in [5.74, 6) is 0.875. The molecule has 5 N–H and O–H groups in total. The van der Waals surface area contributed by atoms with Gasteiger partial charge in [0.1, 0.15) is 6.29 Å². The summed E-state index contributed by atoms with van der Waals surface area (Å²) >= 11 is 5.73. The molecule has 0 saturated heterocycles. The van der Waals surface area contributed by atoms with Gasteiger partial charge in [0.2, 0.25) is 5.88 Å². The lowest BCUT2D eigenvalue weighted by Gasteiger charge is -2.20. The van der Waals surface area contributed by atoms with Gasteiger partial charge in [0, 0.05) is 69.7 Å². The van der Waals surface area contributed by atoms with Gasteiger partial charge < -0.3 is 36.1 Å². The van der Waals surface area contributed by atoms with Gasteiger partial charge in [-0.2, -0.15) is 0 Å². The van der Waals surface area contributed by atoms with Crippen molar-refractivity contribution in [3.8, 4) is 5.88 Å². The lowest BCUT2D eigenvalue weighted by molar-refractivity contribution is -0.109. The Morgan fingerprint density at radius 1 is 1.07 bits per heavy atom. The number of pyridine rings is 1. The number of para-hydroxylation sites is 1. The molecule has 1 aromatic carbocycles. The van der Waals surface area contributed by atoms with Gasteiger partial charge in [0.15, 0.2) is 6.29 Å². The molecule has 1 heterocycles. The zero-order valence-electron chi connectivity index (χ0n) is 26.9. The van der Waals surface area contributed by atoms with Crippen molar-refractivity contribution in [3.63, 3.8) is 0 Å². The van der Waals surface area contributed by atoms with Gasteiger partial charge in [-0.3, -0.25) is 4.79 Å². The zero-order chi connectivity index (χ0) is 32.4. The smallest absolute Gasteiger partial charge is 0.220 e. The lowest BCUT2D eigenvalue weighted by Crippen LogP contribution is -2.28. The van der Waals surface area contributed by atoms with Crippen molar-refractivity contribution in [2.24, 2.45) is 11.3 Å². The van der Waals surface area contributed by atoms with Crippen LogP contribution in [0.4, 0.5) is 5.69 Å². The first-order valence-electron chi connectivity index (χ1n) is 14.0. The number of carbonyl (C=O) groups excluding carboxylic acids is 2. The second kappa shape index (κ2) is 25.3. The number of benzene rings is 1. The average Bonchev–Trinajstić information content (AvgIpc) is 2.98. The third-order valence-electron chi connectivity index (χ3n) is 5.65. The molecule has 10 heteroatoms. The van der Waals surface area contributed by atoms with E-state index in [2.05, 4.69) is 58.9 Å². The number of likely N-dealkylation sites (N-methyl/N-ethyl adjacent to an activating group) is 1. The molecular weight excluding hydrogens is 552 g/mol. The number of nitrogens with one attached hydrogen (secondary N) is 5. The Hall–Kier alpha value is -3.40. The van der Waals surface area contributed by atoms with Crippen LogP contribution < -0.4 is 31.3 Å². The van der Waals surface area contributed by atoms with E-state index in [1.807, 2.05) is 65.4 Å². The van der Waals surface area contributed by atoms with Crippen LogP contribution in [0.5, 0.6) is 5.88 Å². The topological polar surface area (TPSA) is 116 Å². The number of aldehydes is 2. The maximum Gasteiger partial charge on any atom is 0.220 e. The molecule has 0 aliphatic heterocycles. The molecule has 0 amide bonds. The molecule has 1 atom stereocenters. The number of anilines is 1. The number of hydrogen-bond acceptors (Lipinski definition) is 9. The van der Waals surface area contributed by atoms with Crippen molar-refractivity contribution in [2.45, 2.75) is 34.1 Å². The molecule has 1 aromatic heterocycles. The van der Waals surface area contributed by atoms with E-state index in [1.165, 1.54) is 0 Å². The standard InChI is InChI=1S/C9H10ClNO.C9H19N3O.C7H15NO.C7H9N/c1-3-7-5-8(10)6-11-9(7)12-4-2;1-7(5-10-2)9(12-4)8(6-13)11-3;1-7(2,4-5-9)6-8-3;1-8-7-5-3-2-4-6-7/h3,5-6H,1,4H2,2H3;6-7,10-12H,5H2,1-4H3;5,8H,4,6H2,1-3H3;2-6,8H,1H3/b;9-8+;;. The summed E-state index contributed by atoms with van der Waals surface area (Å²) < 4.78 is 5.24. The number of carbonyl (C=O) groups is 2. The Morgan fingerprint density at radius 2 is 1.71 bits per heavy atom. The molecule has 0 spiro atoms. The molecule has 0 radical (unpaired) electrons. The molecule has 236 valence electrons. The van der Waals surface area contributed by atoms with E-state index in [-0.39, 0.29) is 5.41 Å². The van der Waals surface area contributed by atoms with E-state index in [0.717, 1.165) is 42.6 Å². The SMILES string of the molecule is C=Cc1cc(Cl)cnc1OCC.CNCC(C)(C)CC=O.CNCC(C)/C(NC)=C(/C=O)NC.CNc1ccccc1. The lowest BCUT2D eigenvalue weighted by atomic mass is 9.90. The molecule has 0 aliphatic carbocycles. The fraction of sp³-hybridized carbons (Fsp3) is 0.469. The van der Waals surface area contributed by atoms with Crippen LogP contribution in [-0.4, -0.2) is 72.5 Å². The van der Waals surface area contributed by atoms with Gasteiger partial charge in [-0.25, -0.2) is 4.98 Å². The minimum atomic E-state index is 0.122. The largest absolute Gasteiger partial charge is 0.478 e. The molecule has 0 fully saturated rings. The predicted molar refractivity (Wildman–Crippen MR) is 179 cm³/mol. The normalized spacial score (nSPS) is 11.3. The summed E-state index contributed by atoms with van der Waals surface area (Å²) in [5.41, 5.74) is 3.66. The molecular formula is C32H53ClN6O3. The summed E-state index contributed by atoms with van der Waals surface area (Å²) in [4.78, 5) is 24.7. The third-order valence-corrected chi connectivity index (χ3v) is 5.86. The van der Waals surface area contributed by atoms with Gasteiger partial charge in [0.05, 0.1) is 17.3 Å². The van der Waals surface area contributed by atoms with Crippen LogP contribution in [0.25, 0.3) is 6.08 Å². The number of halogens is 1. The van der Waals surface area contributed by atoms with Crippen molar-refractivity contribution in [2.75, 3.05) is 60.3 Å². The van der Waals surface area contributed by atoms with E-state index in [4.69, 9.17) is 16.3 Å². The minimum Gasteiger partial charge on any atom is -0.478 e. The minimum absolute atomic E-state index is 0.122. The van der Waals surface area contributed by atoms with Gasteiger partial charge in [0.25, 0.3) is 0 Å². The predicted octanol–water partition coefficient (Wildman–Crippen LogP) is 5.02. The van der Waals surface area contributed by atoms with Gasteiger partial charge in [-0.15, -0.1) is 0 Å². The summed E-state index contributed by atoms with van der Waals surface area (Å²) in [7, 11) is 9.27. The van der Waals surface area contributed by atoms with Crippen LogP contribution in [0.15, 0.2) is 60.6 Å². The highest BCUT2D eigenvalue weighted by molar-refractivity contribution is 6.30. The van der Waals surface area contributed by atoms with Crippen LogP contribution in [0.2, 0.25) is 5.02 Å². The first-order valence-corrected chi connectivity index (χ1v) is 14.3. The number of nitrogens with zero attached hydrogens (tertiary/aromatic N) is 1. The van der Waals surface area contributed by atoms with E-state index in [0.29, 0.717) is 35.5 Å². The van der Waals surface area contributed by atoms with Crippen LogP contribution in [-0.2, 0) is 9.59 Å². The van der Waals surface area contributed by atoms with Gasteiger partial charge >= 0.3 is 0 Å². The van der Waals surface area contributed by atoms with Crippen molar-refractivity contribution in [1.29, 1.82) is 0 Å². The highest BCUT2D eigenvalue weighted by Crippen LogP contribution is 2.20. The van der Waals surface area contributed by atoms with Crippen molar-refractivity contribution >= 4 is 35.9 Å². The van der Waals surface area contributed by atoms with Gasteiger partial charge in [-0.1, -0.05) is 63.2 Å². The van der Waals surface area contributed by atoms with Gasteiger partial charge in [-0.05, 0) is 44.6 Å². The van der Waals surface area contributed by atoms with E-state index >= 15 is 0 Å². The Bertz CT molecular complexity index is 1030. The number of aromatic nitrogens is 1. The molecule has 0 saturated carbocycles. The number of allylic oxidation sites excluding steroid dienone is 1. The molecule has 9 nitrogen and oxygen atoms in total. The summed E-state index contributed by atoms with van der Waals surface area (Å²) in [5, 5.41) is 15.6. The zero-order valence-corrected chi connectivity index (χ0v) is 27.7. The van der Waals surface area contributed by atoms with Crippen molar-refractivity contribution in [3.05, 3.63) is 71.2 Å². The monoisotopic (exact) mass is 604 g/mol. The maximum absolute atomic E-state index is 10.7. The maximum atomic E-state index is 10.7. The summed E-state index contributed by atoms with van der Waals surface area (Å²) in [6.45, 7) is 14.1. The van der Waals surface area contributed by atoms with Crippen molar-refractivity contribution < 1.29 is 14.3 Å². The van der Waals surface area contributed by atoms with Crippen LogP contribution in [0, 0.1) is 11.3 Å². The molecule has 1 unspecified atom stereocenters. The summed E-state index contributed by atoms with van der Waals surface area (Å²) in [6, 6.07) is 11.8. The molecule has 0 aliphatic rings. The van der Waals surface area contributed by atoms with E-state index in [9.17, 15) is 9.59 Å². The second-order valence-electron chi connectivity index (χ2n) is 9.77. The third kappa shape index (κ3) is 18.9. The molecule has 42 heavy (non-hydrogen) atoms. The highest BCUT2D eigenvalue weighted by Gasteiger charge is 2.14. The number of rotatable bonds is 14. The van der Waals surface area contributed by atoms with Crippen LogP contribution >= 0.6 is 11.6 Å². The highest BCUT2D eigenvalue weighted by atomic mass is 35.5. The number of ether oxygens (including phenoxy) is 1. The molecule has 0 bridgehead atoms. The fourth-order valence-corrected chi connectivity index (χ4v) is 3.71. The average molecular weight is 605 g/mol. The first kappa shape index (κ1) is 40.7. The van der Waals surface area contributed by atoms with Crippen molar-refractivity contribution in [1.82, 2.24) is 26.3 Å². The Morgan fingerprint density at radius 3 is 2.12 bits per heavy atom. The van der Waals surface area contributed by atoms with Crippen LogP contribution in [0.3, 0.4) is 0 Å². The molecule has 2 aromatic rings. The Balaban J connectivity index is 0. The quantitative estimate of drug-likeness (QED) is 0.150. The first-order chi connectivity index (χ1) is 20.0.